The summed E-state index contributed by atoms with van der Waals surface area (Å²) in [7, 11) is 0. The molecule has 2 aromatic rings. The largest absolute Gasteiger partial charge is 0.481 e. The first-order valence-electron chi connectivity index (χ1n) is 9.05. The molecule has 0 aliphatic carbocycles. The summed E-state index contributed by atoms with van der Waals surface area (Å²) in [5.74, 6) is -0.736. The Morgan fingerprint density at radius 1 is 1.30 bits per heavy atom. The Morgan fingerprint density at radius 2 is 2.04 bits per heavy atom. The zero-order valence-electron chi connectivity index (χ0n) is 15.8. The average Bonchev–Trinajstić information content (AvgIpc) is 2.57. The molecule has 7 nitrogen and oxygen atoms in total. The second kappa shape index (κ2) is 9.21. The van der Waals surface area contributed by atoms with Gasteiger partial charge in [0, 0.05) is 19.0 Å². The molecular weight excluding hydrogens is 350 g/mol. The maximum Gasteiger partial charge on any atom is 0.336 e. The van der Waals surface area contributed by atoms with Crippen molar-refractivity contribution in [3.8, 4) is 5.75 Å². The summed E-state index contributed by atoms with van der Waals surface area (Å²) in [6.45, 7) is 5.76. The zero-order chi connectivity index (χ0) is 20.0. The Hall–Kier alpha value is -2.83. The Labute approximate surface area is 157 Å². The summed E-state index contributed by atoms with van der Waals surface area (Å²) in [6, 6.07) is 5.06. The number of rotatable bonds is 9. The van der Waals surface area contributed by atoms with Gasteiger partial charge in [-0.25, -0.2) is 4.79 Å². The van der Waals surface area contributed by atoms with Crippen LogP contribution in [0.4, 0.5) is 0 Å². The number of benzene rings is 1. The van der Waals surface area contributed by atoms with E-state index in [1.807, 2.05) is 19.9 Å². The van der Waals surface area contributed by atoms with Crippen LogP contribution < -0.4 is 15.7 Å². The summed E-state index contributed by atoms with van der Waals surface area (Å²) in [4.78, 5) is 34.6. The van der Waals surface area contributed by atoms with E-state index in [1.54, 1.807) is 13.0 Å². The minimum absolute atomic E-state index is 0.00253. The van der Waals surface area contributed by atoms with Crippen molar-refractivity contribution in [2.24, 2.45) is 0 Å². The molecule has 2 rings (SSSR count). The van der Waals surface area contributed by atoms with Crippen molar-refractivity contribution in [1.82, 2.24) is 5.32 Å². The second-order valence-electron chi connectivity index (χ2n) is 6.53. The number of aryl methyl sites for hydroxylation is 2. The quantitative estimate of drug-likeness (QED) is 0.516. The fourth-order valence-electron chi connectivity index (χ4n) is 2.87. The number of carboxylic acids is 1. The summed E-state index contributed by atoms with van der Waals surface area (Å²) >= 11 is 0. The average molecular weight is 375 g/mol. The van der Waals surface area contributed by atoms with Gasteiger partial charge in [-0.05, 0) is 49.9 Å². The first-order chi connectivity index (χ1) is 12.8. The van der Waals surface area contributed by atoms with Gasteiger partial charge in [-0.15, -0.1) is 0 Å². The van der Waals surface area contributed by atoms with Crippen LogP contribution >= 0.6 is 0 Å². The molecule has 0 aliphatic heterocycles. The maximum atomic E-state index is 12.2. The van der Waals surface area contributed by atoms with Crippen LogP contribution in [0.2, 0.25) is 0 Å². The highest BCUT2D eigenvalue weighted by molar-refractivity contribution is 5.88. The van der Waals surface area contributed by atoms with Crippen molar-refractivity contribution < 1.29 is 23.8 Å². The molecule has 1 amide bonds. The van der Waals surface area contributed by atoms with E-state index in [-0.39, 0.29) is 18.9 Å². The lowest BCUT2D eigenvalue weighted by atomic mass is 10.0. The number of carboxylic acid groups (broad SMARTS) is 1. The fourth-order valence-corrected chi connectivity index (χ4v) is 2.87. The SMILES string of the molecule is CCCc1cc(=O)oc2cc(C)cc(O[C@@H](C)C(=O)NCCCC(=O)O)c12. The third kappa shape index (κ3) is 5.57. The van der Waals surface area contributed by atoms with Crippen LogP contribution in [-0.4, -0.2) is 29.6 Å². The molecule has 1 heterocycles. The molecule has 2 N–H and O–H groups in total. The lowest BCUT2D eigenvalue weighted by molar-refractivity contribution is -0.137. The van der Waals surface area contributed by atoms with Crippen molar-refractivity contribution in [1.29, 1.82) is 0 Å². The highest BCUT2D eigenvalue weighted by Gasteiger charge is 2.18. The number of ether oxygens (including phenoxy) is 1. The van der Waals surface area contributed by atoms with Gasteiger partial charge in [-0.3, -0.25) is 9.59 Å². The van der Waals surface area contributed by atoms with Gasteiger partial charge in [0.15, 0.2) is 6.10 Å². The summed E-state index contributed by atoms with van der Waals surface area (Å²) in [5.41, 5.74) is 1.71. The normalized spacial score (nSPS) is 12.0. The Kier molecular flexibility index (Phi) is 6.98. The van der Waals surface area contributed by atoms with E-state index < -0.39 is 17.7 Å². The maximum absolute atomic E-state index is 12.2. The predicted octanol–water partition coefficient (Wildman–Crippen LogP) is 2.80. The van der Waals surface area contributed by atoms with Crippen LogP contribution in [0.5, 0.6) is 5.75 Å². The summed E-state index contributed by atoms with van der Waals surface area (Å²) < 4.78 is 11.2. The van der Waals surface area contributed by atoms with Crippen LogP contribution in [0, 0.1) is 6.92 Å². The van der Waals surface area contributed by atoms with Gasteiger partial charge in [0.05, 0.1) is 5.39 Å². The third-order valence-electron chi connectivity index (χ3n) is 4.09. The highest BCUT2D eigenvalue weighted by atomic mass is 16.5. The van der Waals surface area contributed by atoms with Gasteiger partial charge in [0.25, 0.3) is 5.91 Å². The smallest absolute Gasteiger partial charge is 0.336 e. The van der Waals surface area contributed by atoms with E-state index in [0.717, 1.165) is 17.5 Å². The van der Waals surface area contributed by atoms with E-state index >= 15 is 0 Å². The molecule has 1 aromatic heterocycles. The lowest BCUT2D eigenvalue weighted by Gasteiger charge is -2.17. The molecule has 1 atom stereocenters. The first kappa shape index (κ1) is 20.5. The van der Waals surface area contributed by atoms with Crippen LogP contribution in [-0.2, 0) is 16.0 Å². The molecule has 1 aromatic carbocycles. The van der Waals surface area contributed by atoms with E-state index in [2.05, 4.69) is 5.32 Å². The van der Waals surface area contributed by atoms with Gasteiger partial charge in [0.2, 0.25) is 0 Å². The number of carbonyl (C=O) groups is 2. The van der Waals surface area contributed by atoms with Crippen molar-refractivity contribution in [3.63, 3.8) is 0 Å². The Balaban J connectivity index is 2.23. The van der Waals surface area contributed by atoms with Crippen LogP contribution in [0.25, 0.3) is 11.0 Å². The van der Waals surface area contributed by atoms with Crippen LogP contribution in [0.1, 0.15) is 44.2 Å². The third-order valence-corrected chi connectivity index (χ3v) is 4.09. The summed E-state index contributed by atoms with van der Waals surface area (Å²) in [6.07, 6.45) is 1.12. The van der Waals surface area contributed by atoms with Gasteiger partial charge < -0.3 is 19.6 Å². The summed E-state index contributed by atoms with van der Waals surface area (Å²) in [5, 5.41) is 12.0. The molecule has 0 unspecified atom stereocenters. The van der Waals surface area contributed by atoms with Crippen molar-refractivity contribution in [2.75, 3.05) is 6.54 Å². The molecule has 0 fully saturated rings. The highest BCUT2D eigenvalue weighted by Crippen LogP contribution is 2.31. The van der Waals surface area contributed by atoms with E-state index in [0.29, 0.717) is 29.6 Å². The zero-order valence-corrected chi connectivity index (χ0v) is 15.8. The molecule has 146 valence electrons. The number of fused-ring (bicyclic) bond motifs is 1. The lowest BCUT2D eigenvalue weighted by Crippen LogP contribution is -2.37. The minimum atomic E-state index is -0.898. The molecule has 0 spiro atoms. The molecule has 0 saturated carbocycles. The standard InChI is InChI=1S/C20H25NO6/c1-4-6-14-11-18(24)27-16-10-12(2)9-15(19(14)16)26-13(3)20(25)21-8-5-7-17(22)23/h9-11,13H,4-8H2,1-3H3,(H,21,25)(H,22,23)/t13-/m0/s1. The van der Waals surface area contributed by atoms with E-state index in [1.165, 1.54) is 6.07 Å². The van der Waals surface area contributed by atoms with Crippen LogP contribution in [0.3, 0.4) is 0 Å². The Morgan fingerprint density at radius 3 is 2.70 bits per heavy atom. The van der Waals surface area contributed by atoms with Gasteiger partial charge in [-0.1, -0.05) is 13.3 Å². The molecule has 0 radical (unpaired) electrons. The van der Waals surface area contributed by atoms with E-state index in [4.69, 9.17) is 14.3 Å². The van der Waals surface area contributed by atoms with Gasteiger partial charge in [0.1, 0.15) is 11.3 Å². The predicted molar refractivity (Wildman–Crippen MR) is 101 cm³/mol. The number of aliphatic carboxylic acids is 1. The Bertz CT molecular complexity index is 886. The number of nitrogens with one attached hydrogen (secondary N) is 1. The number of hydrogen-bond donors (Lipinski definition) is 2. The minimum Gasteiger partial charge on any atom is -0.481 e. The molecule has 0 bridgehead atoms. The van der Waals surface area contributed by atoms with Gasteiger partial charge in [-0.2, -0.15) is 0 Å². The molecule has 7 heteroatoms. The van der Waals surface area contributed by atoms with Crippen molar-refractivity contribution in [2.45, 2.75) is 52.6 Å². The second-order valence-corrected chi connectivity index (χ2v) is 6.53. The number of amides is 1. The number of hydrogen-bond acceptors (Lipinski definition) is 5. The number of carbonyl (C=O) groups excluding carboxylic acids is 1. The van der Waals surface area contributed by atoms with Crippen molar-refractivity contribution in [3.05, 3.63) is 39.7 Å². The van der Waals surface area contributed by atoms with Crippen molar-refractivity contribution >= 4 is 22.8 Å². The molecule has 27 heavy (non-hydrogen) atoms. The van der Waals surface area contributed by atoms with E-state index in [9.17, 15) is 14.4 Å². The first-order valence-corrected chi connectivity index (χ1v) is 9.05. The fraction of sp³-hybridized carbons (Fsp3) is 0.450. The van der Waals surface area contributed by atoms with Crippen LogP contribution in [0.15, 0.2) is 27.4 Å². The van der Waals surface area contributed by atoms with Gasteiger partial charge >= 0.3 is 11.6 Å². The molecule has 0 aliphatic rings. The monoisotopic (exact) mass is 375 g/mol. The molecular formula is C20H25NO6. The molecule has 0 saturated heterocycles. The topological polar surface area (TPSA) is 106 Å².